The predicted octanol–water partition coefficient (Wildman–Crippen LogP) is 3.27. The molecule has 108 valence electrons. The molecule has 1 N–H and O–H groups in total. The molecule has 1 heterocycles. The van der Waals surface area contributed by atoms with Crippen molar-refractivity contribution in [2.24, 2.45) is 11.8 Å². The molecule has 2 aliphatic rings. The van der Waals surface area contributed by atoms with E-state index in [0.717, 1.165) is 31.4 Å². The maximum absolute atomic E-state index is 13.1. The summed E-state index contributed by atoms with van der Waals surface area (Å²) in [5.41, 5.74) is 0.942. The van der Waals surface area contributed by atoms with Crippen LogP contribution in [0.1, 0.15) is 24.8 Å². The lowest BCUT2D eigenvalue weighted by Crippen LogP contribution is -2.39. The summed E-state index contributed by atoms with van der Waals surface area (Å²) in [4.78, 5) is 13.6. The van der Waals surface area contributed by atoms with Gasteiger partial charge < -0.3 is 5.11 Å². The minimum absolute atomic E-state index is 0.284. The van der Waals surface area contributed by atoms with Crippen molar-refractivity contribution >= 4 is 21.9 Å². The molecule has 3 atom stereocenters. The van der Waals surface area contributed by atoms with Gasteiger partial charge in [-0.25, -0.2) is 4.39 Å². The molecule has 1 saturated heterocycles. The molecule has 5 heteroatoms. The molecular weight excluding hydrogens is 325 g/mol. The zero-order valence-electron chi connectivity index (χ0n) is 11.1. The molecule has 0 aromatic heterocycles. The average molecular weight is 342 g/mol. The first-order valence-electron chi connectivity index (χ1n) is 6.97. The minimum Gasteiger partial charge on any atom is -0.480 e. The molecule has 0 radical (unpaired) electrons. The molecule has 2 fully saturated rings. The van der Waals surface area contributed by atoms with Gasteiger partial charge in [-0.05, 0) is 42.4 Å². The Balaban J connectivity index is 1.81. The van der Waals surface area contributed by atoms with E-state index in [4.69, 9.17) is 0 Å². The van der Waals surface area contributed by atoms with Gasteiger partial charge in [0.2, 0.25) is 0 Å². The van der Waals surface area contributed by atoms with E-state index in [0.29, 0.717) is 16.9 Å². The molecule has 0 bridgehead atoms. The normalized spacial score (nSPS) is 29.6. The lowest BCUT2D eigenvalue weighted by Gasteiger charge is -2.24. The molecule has 3 rings (SSSR count). The fraction of sp³-hybridized carbons (Fsp3) is 0.533. The maximum atomic E-state index is 13.1. The number of hydrogen-bond donors (Lipinski definition) is 1. The van der Waals surface area contributed by atoms with Crippen LogP contribution in [0.4, 0.5) is 4.39 Å². The Labute approximate surface area is 125 Å². The van der Waals surface area contributed by atoms with Gasteiger partial charge in [-0.3, -0.25) is 9.69 Å². The number of halogens is 2. The van der Waals surface area contributed by atoms with Crippen molar-refractivity contribution in [3.63, 3.8) is 0 Å². The molecule has 0 spiro atoms. The van der Waals surface area contributed by atoms with Crippen LogP contribution in [0.25, 0.3) is 0 Å². The zero-order valence-corrected chi connectivity index (χ0v) is 12.6. The number of nitrogens with zero attached hydrogens (tertiary/aromatic N) is 1. The minimum atomic E-state index is -0.724. The monoisotopic (exact) mass is 341 g/mol. The van der Waals surface area contributed by atoms with Gasteiger partial charge in [-0.15, -0.1) is 0 Å². The molecule has 0 amide bonds. The van der Waals surface area contributed by atoms with Gasteiger partial charge in [0.15, 0.2) is 0 Å². The van der Waals surface area contributed by atoms with Gasteiger partial charge in [-0.2, -0.15) is 0 Å². The third-order valence-corrected chi connectivity index (χ3v) is 5.37. The largest absolute Gasteiger partial charge is 0.480 e. The SMILES string of the molecule is O=C(O)C1C2CCCC2CN1Cc1ccc(F)cc1Br. The molecule has 1 aromatic carbocycles. The Hall–Kier alpha value is -0.940. The number of benzene rings is 1. The van der Waals surface area contributed by atoms with E-state index in [1.54, 1.807) is 6.07 Å². The van der Waals surface area contributed by atoms with Gasteiger partial charge in [0, 0.05) is 17.6 Å². The lowest BCUT2D eigenvalue weighted by atomic mass is 9.94. The van der Waals surface area contributed by atoms with Crippen LogP contribution in [0, 0.1) is 17.7 Å². The molecule has 1 aliphatic heterocycles. The van der Waals surface area contributed by atoms with Gasteiger partial charge in [0.05, 0.1) is 0 Å². The van der Waals surface area contributed by atoms with E-state index in [2.05, 4.69) is 15.9 Å². The third kappa shape index (κ3) is 2.49. The maximum Gasteiger partial charge on any atom is 0.321 e. The number of carbonyl (C=O) groups is 1. The molecule has 1 aromatic rings. The summed E-state index contributed by atoms with van der Waals surface area (Å²) in [6.45, 7) is 1.40. The fourth-order valence-electron chi connectivity index (χ4n) is 3.76. The van der Waals surface area contributed by atoms with Gasteiger partial charge >= 0.3 is 5.97 Å². The molecule has 1 saturated carbocycles. The first-order chi connectivity index (χ1) is 9.56. The van der Waals surface area contributed by atoms with Crippen LogP contribution < -0.4 is 0 Å². The highest BCUT2D eigenvalue weighted by Gasteiger charge is 2.47. The summed E-state index contributed by atoms with van der Waals surface area (Å²) < 4.78 is 13.8. The van der Waals surface area contributed by atoms with Crippen LogP contribution in [0.3, 0.4) is 0 Å². The summed E-state index contributed by atoms with van der Waals surface area (Å²) >= 11 is 3.36. The van der Waals surface area contributed by atoms with E-state index in [1.165, 1.54) is 12.1 Å². The summed E-state index contributed by atoms with van der Waals surface area (Å²) in [7, 11) is 0. The van der Waals surface area contributed by atoms with Crippen molar-refractivity contribution in [3.8, 4) is 0 Å². The zero-order chi connectivity index (χ0) is 14.3. The second-order valence-corrected chi connectivity index (χ2v) is 6.66. The lowest BCUT2D eigenvalue weighted by molar-refractivity contribution is -0.143. The van der Waals surface area contributed by atoms with Crippen molar-refractivity contribution < 1.29 is 14.3 Å². The summed E-state index contributed by atoms with van der Waals surface area (Å²) in [5.74, 6) is -0.214. The second kappa shape index (κ2) is 5.45. The first kappa shape index (κ1) is 14.0. The Morgan fingerprint density at radius 1 is 1.45 bits per heavy atom. The Bertz CT molecular complexity index is 537. The van der Waals surface area contributed by atoms with Crippen molar-refractivity contribution in [2.75, 3.05) is 6.54 Å². The Kier molecular flexibility index (Phi) is 3.82. The molecule has 1 aliphatic carbocycles. The van der Waals surface area contributed by atoms with Gasteiger partial charge in [0.1, 0.15) is 11.9 Å². The van der Waals surface area contributed by atoms with E-state index in [9.17, 15) is 14.3 Å². The van der Waals surface area contributed by atoms with Crippen molar-refractivity contribution in [2.45, 2.75) is 31.8 Å². The predicted molar refractivity (Wildman–Crippen MR) is 76.8 cm³/mol. The quantitative estimate of drug-likeness (QED) is 0.917. The van der Waals surface area contributed by atoms with Crippen LogP contribution in [-0.4, -0.2) is 28.6 Å². The summed E-state index contributed by atoms with van der Waals surface area (Å²) in [6, 6.07) is 4.20. The standard InChI is InChI=1S/C15H17BrFNO2/c16-13-6-11(17)5-4-10(13)8-18-7-9-2-1-3-12(9)14(18)15(19)20/h4-6,9,12,14H,1-3,7-8H2,(H,19,20). The topological polar surface area (TPSA) is 40.5 Å². The van der Waals surface area contributed by atoms with Gasteiger partial charge in [0.25, 0.3) is 0 Å². The smallest absolute Gasteiger partial charge is 0.321 e. The number of fused-ring (bicyclic) bond motifs is 1. The van der Waals surface area contributed by atoms with Gasteiger partial charge in [-0.1, -0.05) is 28.4 Å². The first-order valence-corrected chi connectivity index (χ1v) is 7.76. The number of aliphatic carboxylic acids is 1. The average Bonchev–Trinajstić information content (AvgIpc) is 2.91. The summed E-state index contributed by atoms with van der Waals surface area (Å²) in [6.07, 6.45) is 3.30. The van der Waals surface area contributed by atoms with Crippen LogP contribution >= 0.6 is 15.9 Å². The van der Waals surface area contributed by atoms with Crippen molar-refractivity contribution in [1.82, 2.24) is 4.90 Å². The number of rotatable bonds is 3. The Morgan fingerprint density at radius 2 is 2.25 bits per heavy atom. The third-order valence-electron chi connectivity index (χ3n) is 4.63. The number of likely N-dealkylation sites (tertiary alicyclic amines) is 1. The highest BCUT2D eigenvalue weighted by molar-refractivity contribution is 9.10. The molecular formula is C15H17BrFNO2. The van der Waals surface area contributed by atoms with E-state index < -0.39 is 5.97 Å². The van der Waals surface area contributed by atoms with Crippen LogP contribution in [0.5, 0.6) is 0 Å². The number of carboxylic acid groups (broad SMARTS) is 1. The summed E-state index contributed by atoms with van der Waals surface area (Å²) in [5, 5.41) is 9.51. The van der Waals surface area contributed by atoms with E-state index in [-0.39, 0.29) is 17.8 Å². The highest BCUT2D eigenvalue weighted by Crippen LogP contribution is 2.43. The van der Waals surface area contributed by atoms with E-state index >= 15 is 0 Å². The second-order valence-electron chi connectivity index (χ2n) is 5.80. The molecule has 3 unspecified atom stereocenters. The highest BCUT2D eigenvalue weighted by atomic mass is 79.9. The number of carboxylic acids is 1. The molecule has 20 heavy (non-hydrogen) atoms. The van der Waals surface area contributed by atoms with Crippen molar-refractivity contribution in [1.29, 1.82) is 0 Å². The fourth-order valence-corrected chi connectivity index (χ4v) is 4.24. The Morgan fingerprint density at radius 3 is 2.95 bits per heavy atom. The van der Waals surface area contributed by atoms with Crippen LogP contribution in [0.2, 0.25) is 0 Å². The van der Waals surface area contributed by atoms with Crippen molar-refractivity contribution in [3.05, 3.63) is 34.1 Å². The van der Waals surface area contributed by atoms with E-state index in [1.807, 2.05) is 4.90 Å². The number of hydrogen-bond acceptors (Lipinski definition) is 2. The molecule has 3 nitrogen and oxygen atoms in total. The van der Waals surface area contributed by atoms with Crippen LogP contribution in [0.15, 0.2) is 22.7 Å². The van der Waals surface area contributed by atoms with Crippen LogP contribution in [-0.2, 0) is 11.3 Å².